The van der Waals surface area contributed by atoms with Crippen LogP contribution in [0.3, 0.4) is 0 Å². The third-order valence-corrected chi connectivity index (χ3v) is 7.59. The highest BCUT2D eigenvalue weighted by Crippen LogP contribution is 2.44. The second kappa shape index (κ2) is 9.23. The summed E-state index contributed by atoms with van der Waals surface area (Å²) in [4.78, 5) is 6.01. The van der Waals surface area contributed by atoms with E-state index < -0.39 is 17.6 Å². The Balaban J connectivity index is 1.30. The van der Waals surface area contributed by atoms with Crippen LogP contribution in [-0.2, 0) is 32.2 Å². The van der Waals surface area contributed by atoms with Crippen LogP contribution in [0.1, 0.15) is 39.6 Å². The third kappa shape index (κ3) is 4.24. The normalized spacial score (nSPS) is 17.1. The third-order valence-electron chi connectivity index (χ3n) is 7.59. The Hall–Kier alpha value is -3.72. The molecule has 0 fully saturated rings. The van der Waals surface area contributed by atoms with Gasteiger partial charge in [-0.3, -0.25) is 4.90 Å². The molecule has 0 saturated heterocycles. The summed E-state index contributed by atoms with van der Waals surface area (Å²) in [6.07, 6.45) is -3.08. The number of hydrogen-bond acceptors (Lipinski definition) is 4. The molecule has 3 heterocycles. The SMILES string of the molecule is COc1ccc2[nH]c3c(c2c1)CC1c2cc(OCc4ccc(C(F)(F)F)c(F)c4)c(OC)cc2CCN1C3. The molecular weight excluding hydrogens is 500 g/mol. The van der Waals surface area contributed by atoms with Gasteiger partial charge in [-0.1, -0.05) is 6.07 Å². The van der Waals surface area contributed by atoms with Gasteiger partial charge in [0, 0.05) is 35.7 Å². The number of aromatic amines is 1. The summed E-state index contributed by atoms with van der Waals surface area (Å²) in [5.41, 5.74) is 4.88. The van der Waals surface area contributed by atoms with E-state index >= 15 is 0 Å². The van der Waals surface area contributed by atoms with E-state index in [2.05, 4.69) is 16.0 Å². The van der Waals surface area contributed by atoms with Crippen molar-refractivity contribution in [2.45, 2.75) is 38.2 Å². The smallest absolute Gasteiger partial charge is 0.419 e. The number of hydrogen-bond donors (Lipinski definition) is 1. The zero-order valence-electron chi connectivity index (χ0n) is 20.9. The maximum Gasteiger partial charge on any atom is 0.419 e. The molecule has 1 N–H and O–H groups in total. The number of methoxy groups -OCH3 is 2. The summed E-state index contributed by atoms with van der Waals surface area (Å²) < 4.78 is 69.8. The predicted molar refractivity (Wildman–Crippen MR) is 134 cm³/mol. The molecule has 38 heavy (non-hydrogen) atoms. The molecule has 0 bridgehead atoms. The minimum Gasteiger partial charge on any atom is -0.497 e. The molecule has 5 nitrogen and oxygen atoms in total. The lowest BCUT2D eigenvalue weighted by molar-refractivity contribution is -0.140. The van der Waals surface area contributed by atoms with Crippen LogP contribution in [0.25, 0.3) is 10.9 Å². The number of alkyl halides is 3. The number of aromatic nitrogens is 1. The Morgan fingerprint density at radius 2 is 1.84 bits per heavy atom. The molecule has 9 heteroatoms. The molecule has 3 aromatic carbocycles. The molecular formula is C29H26F4N2O3. The van der Waals surface area contributed by atoms with Crippen LogP contribution in [0.5, 0.6) is 17.2 Å². The summed E-state index contributed by atoms with van der Waals surface area (Å²) in [7, 11) is 3.21. The van der Waals surface area contributed by atoms with Crippen LogP contribution in [-0.4, -0.2) is 30.6 Å². The van der Waals surface area contributed by atoms with Gasteiger partial charge in [0.25, 0.3) is 0 Å². The molecule has 1 atom stereocenters. The molecule has 198 valence electrons. The van der Waals surface area contributed by atoms with Crippen LogP contribution in [0.4, 0.5) is 17.6 Å². The zero-order chi connectivity index (χ0) is 26.6. The number of rotatable bonds is 5. The summed E-state index contributed by atoms with van der Waals surface area (Å²) in [5.74, 6) is 0.503. The van der Waals surface area contributed by atoms with Crippen LogP contribution < -0.4 is 14.2 Å². The second-order valence-electron chi connectivity index (χ2n) is 9.74. The van der Waals surface area contributed by atoms with Crippen molar-refractivity contribution in [1.82, 2.24) is 9.88 Å². The van der Waals surface area contributed by atoms with Gasteiger partial charge in [0.15, 0.2) is 11.5 Å². The fourth-order valence-electron chi connectivity index (χ4n) is 5.68. The predicted octanol–water partition coefficient (Wildman–Crippen LogP) is 6.58. The van der Waals surface area contributed by atoms with Crippen molar-refractivity contribution in [3.8, 4) is 17.2 Å². The molecule has 1 unspecified atom stereocenters. The number of fused-ring (bicyclic) bond motifs is 6. The monoisotopic (exact) mass is 526 g/mol. The van der Waals surface area contributed by atoms with Crippen LogP contribution in [0.15, 0.2) is 48.5 Å². The van der Waals surface area contributed by atoms with Crippen LogP contribution in [0.2, 0.25) is 0 Å². The van der Waals surface area contributed by atoms with Gasteiger partial charge in [-0.2, -0.15) is 13.2 Å². The van der Waals surface area contributed by atoms with E-state index in [1.165, 1.54) is 22.9 Å². The highest BCUT2D eigenvalue weighted by molar-refractivity contribution is 5.86. The van der Waals surface area contributed by atoms with Crippen molar-refractivity contribution in [1.29, 1.82) is 0 Å². The van der Waals surface area contributed by atoms with Gasteiger partial charge in [0.2, 0.25) is 0 Å². The van der Waals surface area contributed by atoms with E-state index in [-0.39, 0.29) is 12.6 Å². The largest absolute Gasteiger partial charge is 0.497 e. The Bertz CT molecular complexity index is 1530. The molecule has 0 saturated carbocycles. The molecule has 0 radical (unpaired) electrons. The maximum atomic E-state index is 14.1. The topological polar surface area (TPSA) is 46.7 Å². The van der Waals surface area contributed by atoms with Gasteiger partial charge in [0.05, 0.1) is 19.8 Å². The van der Waals surface area contributed by atoms with Gasteiger partial charge in [-0.05, 0) is 77.6 Å². The highest BCUT2D eigenvalue weighted by atomic mass is 19.4. The first-order valence-corrected chi connectivity index (χ1v) is 12.4. The summed E-state index contributed by atoms with van der Waals surface area (Å²) in [6.45, 7) is 1.61. The summed E-state index contributed by atoms with van der Waals surface area (Å²) >= 11 is 0. The molecule has 0 spiro atoms. The molecule has 2 aliphatic rings. The number of H-pyrrole nitrogens is 1. The summed E-state index contributed by atoms with van der Waals surface area (Å²) in [6, 6.07) is 13.0. The van der Waals surface area contributed by atoms with E-state index in [1.807, 2.05) is 24.3 Å². The molecule has 0 amide bonds. The highest BCUT2D eigenvalue weighted by Gasteiger charge is 2.35. The van der Waals surface area contributed by atoms with Crippen LogP contribution in [0, 0.1) is 5.82 Å². The fraction of sp³-hybridized carbons (Fsp3) is 0.310. The number of ether oxygens (including phenoxy) is 3. The first-order chi connectivity index (χ1) is 18.2. The van der Waals surface area contributed by atoms with Crippen molar-refractivity contribution in [3.05, 3.63) is 87.9 Å². The zero-order valence-corrected chi connectivity index (χ0v) is 20.9. The van der Waals surface area contributed by atoms with Gasteiger partial charge in [0.1, 0.15) is 18.2 Å². The lowest BCUT2D eigenvalue weighted by Gasteiger charge is -2.40. The molecule has 4 aromatic rings. The lowest BCUT2D eigenvalue weighted by Crippen LogP contribution is -2.39. The van der Waals surface area contributed by atoms with Crippen molar-refractivity contribution in [2.75, 3.05) is 20.8 Å². The van der Waals surface area contributed by atoms with Gasteiger partial charge < -0.3 is 19.2 Å². The Labute approximate surface area is 216 Å². The fourth-order valence-corrected chi connectivity index (χ4v) is 5.68. The van der Waals surface area contributed by atoms with Crippen LogP contribution >= 0.6 is 0 Å². The van der Waals surface area contributed by atoms with E-state index in [0.717, 1.165) is 60.3 Å². The maximum absolute atomic E-state index is 14.1. The Kier molecular flexibility index (Phi) is 5.98. The standard InChI is InChI=1S/C29H26F4N2O3/c1-36-18-4-6-24-20(11-18)21-12-26-19-13-28(38-15-16-3-5-22(23(30)9-16)29(31,32)33)27(37-2)10-17(19)7-8-35(26)14-25(21)34-24/h3-6,9-11,13,26,34H,7-8,12,14-15H2,1-2H3. The molecule has 0 aliphatic carbocycles. The van der Waals surface area contributed by atoms with Crippen molar-refractivity contribution < 1.29 is 31.8 Å². The second-order valence-corrected chi connectivity index (χ2v) is 9.74. The lowest BCUT2D eigenvalue weighted by atomic mass is 9.85. The number of nitrogens with one attached hydrogen (secondary N) is 1. The number of halogens is 4. The first-order valence-electron chi connectivity index (χ1n) is 12.4. The van der Waals surface area contributed by atoms with Gasteiger partial charge in [-0.25, -0.2) is 4.39 Å². The Morgan fingerprint density at radius 1 is 1.00 bits per heavy atom. The van der Waals surface area contributed by atoms with E-state index in [1.54, 1.807) is 14.2 Å². The van der Waals surface area contributed by atoms with Gasteiger partial charge in [-0.15, -0.1) is 0 Å². The average Bonchev–Trinajstić information content (AvgIpc) is 3.26. The number of benzene rings is 3. The number of nitrogens with zero attached hydrogens (tertiary/aromatic N) is 1. The van der Waals surface area contributed by atoms with E-state index in [0.29, 0.717) is 17.1 Å². The van der Waals surface area contributed by atoms with Crippen molar-refractivity contribution >= 4 is 10.9 Å². The van der Waals surface area contributed by atoms with E-state index in [9.17, 15) is 17.6 Å². The summed E-state index contributed by atoms with van der Waals surface area (Å²) in [5, 5.41) is 1.15. The van der Waals surface area contributed by atoms with Crippen molar-refractivity contribution in [3.63, 3.8) is 0 Å². The molecule has 2 aliphatic heterocycles. The average molecular weight is 527 g/mol. The Morgan fingerprint density at radius 3 is 2.58 bits per heavy atom. The van der Waals surface area contributed by atoms with E-state index in [4.69, 9.17) is 14.2 Å². The minimum atomic E-state index is -4.74. The minimum absolute atomic E-state index is 0.0923. The molecule has 6 rings (SSSR count). The van der Waals surface area contributed by atoms with Crippen molar-refractivity contribution in [2.24, 2.45) is 0 Å². The molecule has 1 aromatic heterocycles. The van der Waals surface area contributed by atoms with Gasteiger partial charge >= 0.3 is 6.18 Å². The quantitative estimate of drug-likeness (QED) is 0.299. The first kappa shape index (κ1) is 24.6.